The van der Waals surface area contributed by atoms with Gasteiger partial charge in [-0.3, -0.25) is 4.98 Å². The molecular formula is C23H30FN3. The molecule has 2 heterocycles. The first-order valence-electron chi connectivity index (χ1n) is 9.78. The first kappa shape index (κ1) is 19.6. The smallest absolute Gasteiger partial charge is 0.146 e. The minimum absolute atomic E-state index is 0.189. The molecule has 1 aromatic heterocycles. The topological polar surface area (TPSA) is 28.2 Å². The summed E-state index contributed by atoms with van der Waals surface area (Å²) in [7, 11) is 2.16. The van der Waals surface area contributed by atoms with Crippen molar-refractivity contribution < 1.29 is 4.39 Å². The molecule has 1 aromatic carbocycles. The SMILES string of the molecule is C/C(=C(\C)c1cccc(C)n1)c1ccc(F)c(NCC2CCN(C)CC2)c1. The summed E-state index contributed by atoms with van der Waals surface area (Å²) in [5.74, 6) is 0.421. The summed E-state index contributed by atoms with van der Waals surface area (Å²) in [5, 5.41) is 3.35. The lowest BCUT2D eigenvalue weighted by molar-refractivity contribution is 0.226. The van der Waals surface area contributed by atoms with Crippen LogP contribution in [0.1, 0.15) is 43.6 Å². The molecule has 144 valence electrons. The third kappa shape index (κ3) is 4.95. The predicted molar refractivity (Wildman–Crippen MR) is 112 cm³/mol. The van der Waals surface area contributed by atoms with Gasteiger partial charge in [0.05, 0.1) is 11.4 Å². The number of pyridine rings is 1. The van der Waals surface area contributed by atoms with Crippen molar-refractivity contribution in [1.82, 2.24) is 9.88 Å². The Morgan fingerprint density at radius 1 is 1.15 bits per heavy atom. The van der Waals surface area contributed by atoms with Gasteiger partial charge in [-0.1, -0.05) is 12.1 Å². The average molecular weight is 368 g/mol. The summed E-state index contributed by atoms with van der Waals surface area (Å²) < 4.78 is 14.3. The van der Waals surface area contributed by atoms with Crippen molar-refractivity contribution >= 4 is 16.8 Å². The molecule has 0 aliphatic carbocycles. The second kappa shape index (κ2) is 8.66. The van der Waals surface area contributed by atoms with Crippen LogP contribution < -0.4 is 5.32 Å². The molecule has 0 bridgehead atoms. The maximum atomic E-state index is 14.3. The van der Waals surface area contributed by atoms with E-state index in [0.29, 0.717) is 11.6 Å². The molecule has 2 aromatic rings. The fraction of sp³-hybridized carbons (Fsp3) is 0.435. The van der Waals surface area contributed by atoms with Crippen molar-refractivity contribution in [2.45, 2.75) is 33.6 Å². The van der Waals surface area contributed by atoms with E-state index in [1.165, 1.54) is 12.8 Å². The van der Waals surface area contributed by atoms with Crippen LogP contribution in [0.4, 0.5) is 10.1 Å². The van der Waals surface area contributed by atoms with Crippen molar-refractivity contribution in [3.63, 3.8) is 0 Å². The Morgan fingerprint density at radius 2 is 1.89 bits per heavy atom. The van der Waals surface area contributed by atoms with Crippen molar-refractivity contribution in [1.29, 1.82) is 0 Å². The number of aromatic nitrogens is 1. The van der Waals surface area contributed by atoms with Crippen molar-refractivity contribution in [3.8, 4) is 0 Å². The summed E-state index contributed by atoms with van der Waals surface area (Å²) >= 11 is 0. The molecule has 0 spiro atoms. The molecular weight excluding hydrogens is 337 g/mol. The first-order chi connectivity index (χ1) is 12.9. The molecule has 0 saturated carbocycles. The van der Waals surface area contributed by atoms with E-state index in [0.717, 1.165) is 47.7 Å². The fourth-order valence-electron chi connectivity index (χ4n) is 3.57. The molecule has 1 N–H and O–H groups in total. The van der Waals surface area contributed by atoms with Crippen LogP contribution in [0.25, 0.3) is 11.1 Å². The number of anilines is 1. The molecule has 27 heavy (non-hydrogen) atoms. The number of nitrogens with one attached hydrogen (secondary N) is 1. The number of nitrogens with zero attached hydrogens (tertiary/aromatic N) is 2. The normalized spacial score (nSPS) is 16.9. The van der Waals surface area contributed by atoms with E-state index in [1.807, 2.05) is 37.3 Å². The minimum atomic E-state index is -0.189. The number of hydrogen-bond donors (Lipinski definition) is 1. The van der Waals surface area contributed by atoms with E-state index >= 15 is 0 Å². The van der Waals surface area contributed by atoms with E-state index in [4.69, 9.17) is 0 Å². The molecule has 1 aliphatic heterocycles. The Labute approximate surface area is 162 Å². The van der Waals surface area contributed by atoms with Gasteiger partial charge in [0.2, 0.25) is 0 Å². The summed E-state index contributed by atoms with van der Waals surface area (Å²) in [4.78, 5) is 6.97. The Kier molecular flexibility index (Phi) is 6.27. The number of aryl methyl sites for hydroxylation is 1. The number of benzene rings is 1. The van der Waals surface area contributed by atoms with E-state index in [-0.39, 0.29) is 5.82 Å². The number of rotatable bonds is 5. The first-order valence-corrected chi connectivity index (χ1v) is 9.78. The minimum Gasteiger partial charge on any atom is -0.382 e. The third-order valence-electron chi connectivity index (χ3n) is 5.65. The number of hydrogen-bond acceptors (Lipinski definition) is 3. The highest BCUT2D eigenvalue weighted by molar-refractivity contribution is 5.88. The molecule has 1 aliphatic rings. The summed E-state index contributed by atoms with van der Waals surface area (Å²) in [6, 6.07) is 11.4. The van der Waals surface area contributed by atoms with Crippen LogP contribution in [-0.4, -0.2) is 36.6 Å². The maximum absolute atomic E-state index is 14.3. The van der Waals surface area contributed by atoms with E-state index in [1.54, 1.807) is 6.07 Å². The number of allylic oxidation sites excluding steroid dienone is 2. The van der Waals surface area contributed by atoms with Gasteiger partial charge in [-0.15, -0.1) is 0 Å². The molecule has 0 atom stereocenters. The van der Waals surface area contributed by atoms with Crippen LogP contribution in [-0.2, 0) is 0 Å². The van der Waals surface area contributed by atoms with Gasteiger partial charge in [-0.05, 0) is 101 Å². The largest absolute Gasteiger partial charge is 0.382 e. The lowest BCUT2D eigenvalue weighted by Crippen LogP contribution is -2.33. The predicted octanol–water partition coefficient (Wildman–Crippen LogP) is 5.23. The van der Waals surface area contributed by atoms with Gasteiger partial charge in [0.15, 0.2) is 0 Å². The monoisotopic (exact) mass is 367 g/mol. The van der Waals surface area contributed by atoms with Gasteiger partial charge in [-0.25, -0.2) is 4.39 Å². The van der Waals surface area contributed by atoms with Gasteiger partial charge in [0.1, 0.15) is 5.82 Å². The van der Waals surface area contributed by atoms with Crippen LogP contribution in [0.3, 0.4) is 0 Å². The summed E-state index contributed by atoms with van der Waals surface area (Å²) in [6.07, 6.45) is 2.34. The lowest BCUT2D eigenvalue weighted by atomic mass is 9.96. The summed E-state index contributed by atoms with van der Waals surface area (Å²) in [6.45, 7) is 9.22. The molecule has 1 saturated heterocycles. The second-order valence-corrected chi connectivity index (χ2v) is 7.74. The van der Waals surface area contributed by atoms with Crippen LogP contribution in [0, 0.1) is 18.7 Å². The van der Waals surface area contributed by atoms with Crippen LogP contribution >= 0.6 is 0 Å². The second-order valence-electron chi connectivity index (χ2n) is 7.74. The number of halogens is 1. The fourth-order valence-corrected chi connectivity index (χ4v) is 3.57. The standard InChI is InChI=1S/C23H30FN3/c1-16-6-5-7-22(26-16)18(3)17(2)20-8-9-21(24)23(14-20)25-15-19-10-12-27(4)13-11-19/h5-9,14,19,25H,10-13,15H2,1-4H3/b18-17-. The highest BCUT2D eigenvalue weighted by Crippen LogP contribution is 2.28. The Morgan fingerprint density at radius 3 is 2.59 bits per heavy atom. The number of likely N-dealkylation sites (tertiary alicyclic amines) is 1. The molecule has 3 rings (SSSR count). The van der Waals surface area contributed by atoms with Gasteiger partial charge in [-0.2, -0.15) is 0 Å². The maximum Gasteiger partial charge on any atom is 0.146 e. The highest BCUT2D eigenvalue weighted by atomic mass is 19.1. The average Bonchev–Trinajstić information content (AvgIpc) is 2.67. The van der Waals surface area contributed by atoms with Crippen LogP contribution in [0.15, 0.2) is 36.4 Å². The third-order valence-corrected chi connectivity index (χ3v) is 5.65. The molecule has 1 fully saturated rings. The van der Waals surface area contributed by atoms with Crippen LogP contribution in [0.5, 0.6) is 0 Å². The lowest BCUT2D eigenvalue weighted by Gasteiger charge is -2.29. The zero-order chi connectivity index (χ0) is 19.4. The molecule has 0 unspecified atom stereocenters. The Balaban J connectivity index is 1.77. The van der Waals surface area contributed by atoms with Gasteiger partial charge in [0.25, 0.3) is 0 Å². The van der Waals surface area contributed by atoms with Gasteiger partial charge < -0.3 is 10.2 Å². The Hall–Kier alpha value is -2.20. The van der Waals surface area contributed by atoms with E-state index in [9.17, 15) is 4.39 Å². The van der Waals surface area contributed by atoms with Gasteiger partial charge >= 0.3 is 0 Å². The Bertz CT molecular complexity index is 820. The molecule has 4 heteroatoms. The van der Waals surface area contributed by atoms with Crippen molar-refractivity contribution in [2.24, 2.45) is 5.92 Å². The molecule has 3 nitrogen and oxygen atoms in total. The van der Waals surface area contributed by atoms with Crippen LogP contribution in [0.2, 0.25) is 0 Å². The molecule has 0 amide bonds. The number of piperidine rings is 1. The zero-order valence-corrected chi connectivity index (χ0v) is 16.8. The van der Waals surface area contributed by atoms with Crippen molar-refractivity contribution in [2.75, 3.05) is 32.0 Å². The van der Waals surface area contributed by atoms with Gasteiger partial charge in [0, 0.05) is 12.2 Å². The summed E-state index contributed by atoms with van der Waals surface area (Å²) in [5.41, 5.74) is 5.83. The zero-order valence-electron chi connectivity index (χ0n) is 16.8. The quantitative estimate of drug-likeness (QED) is 0.784. The van der Waals surface area contributed by atoms with E-state index < -0.39 is 0 Å². The molecule has 0 radical (unpaired) electrons. The van der Waals surface area contributed by atoms with Crippen molar-refractivity contribution in [3.05, 3.63) is 59.2 Å². The highest BCUT2D eigenvalue weighted by Gasteiger charge is 2.17. The van der Waals surface area contributed by atoms with E-state index in [2.05, 4.69) is 36.1 Å².